The van der Waals surface area contributed by atoms with Gasteiger partial charge in [0, 0.05) is 0 Å². The van der Waals surface area contributed by atoms with Crippen molar-refractivity contribution in [3.8, 4) is 0 Å². The summed E-state index contributed by atoms with van der Waals surface area (Å²) >= 11 is 0. The van der Waals surface area contributed by atoms with E-state index in [1.807, 2.05) is 0 Å². The molecule has 0 bridgehead atoms. The first-order valence-electron chi connectivity index (χ1n) is 9.49. The Bertz CT molecular complexity index is 634. The van der Waals surface area contributed by atoms with E-state index in [0.717, 1.165) is 23.4 Å². The lowest BCUT2D eigenvalue weighted by molar-refractivity contribution is 0.251. The van der Waals surface area contributed by atoms with Crippen LogP contribution in [0.15, 0.2) is 60.7 Å². The molecular formula is C23H29P. The van der Waals surface area contributed by atoms with Crippen molar-refractivity contribution in [2.24, 2.45) is 23.2 Å². The molecule has 2 fully saturated rings. The van der Waals surface area contributed by atoms with Crippen molar-refractivity contribution in [2.45, 2.75) is 45.7 Å². The lowest BCUT2D eigenvalue weighted by atomic mass is 9.81. The molecule has 2 aromatic carbocycles. The topological polar surface area (TPSA) is 0 Å². The minimum atomic E-state index is -0.269. The standard InChI is InChI=1S/C23H29P/c1-17-16-21(22(18(17)2)23(3)14-15-23)24(19-10-6-4-7-11-19)20-12-8-5-9-13-20/h4-13,17-18,21-22H,14-16H2,1-3H3/t17-,18?,21?,22?/m1/s1. The highest BCUT2D eigenvalue weighted by Crippen LogP contribution is 2.65. The molecule has 0 spiro atoms. The summed E-state index contributed by atoms with van der Waals surface area (Å²) in [7, 11) is -0.269. The van der Waals surface area contributed by atoms with Crippen LogP contribution in [0.3, 0.4) is 0 Å². The van der Waals surface area contributed by atoms with E-state index < -0.39 is 0 Å². The van der Waals surface area contributed by atoms with Crippen LogP contribution in [0.1, 0.15) is 40.0 Å². The van der Waals surface area contributed by atoms with Crippen LogP contribution in [0.5, 0.6) is 0 Å². The monoisotopic (exact) mass is 336 g/mol. The van der Waals surface area contributed by atoms with Crippen LogP contribution in [-0.4, -0.2) is 5.66 Å². The van der Waals surface area contributed by atoms with Gasteiger partial charge in [0.05, 0.1) is 0 Å². The Morgan fingerprint density at radius 3 is 1.79 bits per heavy atom. The number of hydrogen-bond acceptors (Lipinski definition) is 0. The molecule has 1 heteroatoms. The largest absolute Gasteiger partial charge is 0.0622 e. The second-order valence-electron chi connectivity index (χ2n) is 8.36. The lowest BCUT2D eigenvalue weighted by Gasteiger charge is -2.35. The first-order valence-corrected chi connectivity index (χ1v) is 10.9. The molecule has 0 saturated heterocycles. The highest BCUT2D eigenvalue weighted by Gasteiger charge is 2.56. The average molecular weight is 336 g/mol. The van der Waals surface area contributed by atoms with Gasteiger partial charge in [-0.05, 0) is 66.6 Å². The van der Waals surface area contributed by atoms with Crippen molar-refractivity contribution < 1.29 is 0 Å². The highest BCUT2D eigenvalue weighted by molar-refractivity contribution is 7.73. The molecule has 0 aromatic heterocycles. The molecule has 24 heavy (non-hydrogen) atoms. The van der Waals surface area contributed by atoms with Crippen LogP contribution >= 0.6 is 7.92 Å². The van der Waals surface area contributed by atoms with Gasteiger partial charge in [-0.1, -0.05) is 81.4 Å². The van der Waals surface area contributed by atoms with E-state index in [2.05, 4.69) is 81.4 Å². The van der Waals surface area contributed by atoms with Crippen LogP contribution in [0.4, 0.5) is 0 Å². The Hall–Kier alpha value is -1.13. The zero-order chi connectivity index (χ0) is 16.7. The third-order valence-electron chi connectivity index (χ3n) is 6.74. The van der Waals surface area contributed by atoms with Gasteiger partial charge in [-0.3, -0.25) is 0 Å². The average Bonchev–Trinajstić information content (AvgIpc) is 3.27. The van der Waals surface area contributed by atoms with Crippen molar-refractivity contribution in [2.75, 3.05) is 0 Å². The predicted molar refractivity (Wildman–Crippen MR) is 107 cm³/mol. The van der Waals surface area contributed by atoms with Crippen molar-refractivity contribution in [3.63, 3.8) is 0 Å². The molecular weight excluding hydrogens is 307 g/mol. The molecule has 4 rings (SSSR count). The Morgan fingerprint density at radius 2 is 1.33 bits per heavy atom. The van der Waals surface area contributed by atoms with Crippen molar-refractivity contribution in [1.29, 1.82) is 0 Å². The Labute approximate surface area is 148 Å². The molecule has 2 aromatic rings. The first kappa shape index (κ1) is 16.3. The summed E-state index contributed by atoms with van der Waals surface area (Å²) in [6, 6.07) is 22.7. The van der Waals surface area contributed by atoms with Gasteiger partial charge in [-0.2, -0.15) is 0 Å². The maximum absolute atomic E-state index is 2.56. The van der Waals surface area contributed by atoms with Crippen molar-refractivity contribution in [3.05, 3.63) is 60.7 Å². The van der Waals surface area contributed by atoms with Gasteiger partial charge in [0.1, 0.15) is 0 Å². The van der Waals surface area contributed by atoms with Crippen LogP contribution in [0.2, 0.25) is 0 Å². The van der Waals surface area contributed by atoms with Gasteiger partial charge in [-0.15, -0.1) is 0 Å². The van der Waals surface area contributed by atoms with E-state index >= 15 is 0 Å². The number of rotatable bonds is 4. The Morgan fingerprint density at radius 1 is 0.833 bits per heavy atom. The smallest absolute Gasteiger partial charge is 0.00900 e. The maximum atomic E-state index is 2.56. The fourth-order valence-electron chi connectivity index (χ4n) is 5.05. The highest BCUT2D eigenvalue weighted by atomic mass is 31.1. The lowest BCUT2D eigenvalue weighted by Crippen LogP contribution is -2.31. The van der Waals surface area contributed by atoms with Gasteiger partial charge in [0.15, 0.2) is 0 Å². The quantitative estimate of drug-likeness (QED) is 0.639. The second kappa shape index (κ2) is 6.30. The van der Waals surface area contributed by atoms with Gasteiger partial charge in [-0.25, -0.2) is 0 Å². The van der Waals surface area contributed by atoms with Gasteiger partial charge in [0.25, 0.3) is 0 Å². The minimum absolute atomic E-state index is 0.269. The molecule has 0 amide bonds. The van der Waals surface area contributed by atoms with E-state index in [1.165, 1.54) is 19.3 Å². The predicted octanol–water partition coefficient (Wildman–Crippen LogP) is 5.58. The summed E-state index contributed by atoms with van der Waals surface area (Å²) in [5.74, 6) is 2.61. The van der Waals surface area contributed by atoms with Gasteiger partial charge >= 0.3 is 0 Å². The van der Waals surface area contributed by atoms with Gasteiger partial charge < -0.3 is 0 Å². The molecule has 2 aliphatic rings. The summed E-state index contributed by atoms with van der Waals surface area (Å²) < 4.78 is 0. The van der Waals surface area contributed by atoms with E-state index in [0.29, 0.717) is 5.41 Å². The summed E-state index contributed by atoms with van der Waals surface area (Å²) in [4.78, 5) is 0. The van der Waals surface area contributed by atoms with E-state index in [4.69, 9.17) is 0 Å². The molecule has 0 aliphatic heterocycles. The zero-order valence-corrected chi connectivity index (χ0v) is 16.0. The molecule has 3 unspecified atom stereocenters. The fourth-order valence-corrected chi connectivity index (χ4v) is 8.60. The summed E-state index contributed by atoms with van der Waals surface area (Å²) in [6.07, 6.45) is 4.28. The third-order valence-corrected chi connectivity index (χ3v) is 9.64. The summed E-state index contributed by atoms with van der Waals surface area (Å²) in [5, 5.41) is 3.14. The molecule has 2 saturated carbocycles. The Kier molecular flexibility index (Phi) is 4.29. The number of benzene rings is 2. The van der Waals surface area contributed by atoms with Crippen LogP contribution in [-0.2, 0) is 0 Å². The molecule has 0 N–H and O–H groups in total. The molecule has 0 heterocycles. The van der Waals surface area contributed by atoms with E-state index in [9.17, 15) is 0 Å². The van der Waals surface area contributed by atoms with Crippen molar-refractivity contribution in [1.82, 2.24) is 0 Å². The first-order chi connectivity index (χ1) is 11.6. The molecule has 2 aliphatic carbocycles. The fraction of sp³-hybridized carbons (Fsp3) is 0.478. The Balaban J connectivity index is 1.78. The van der Waals surface area contributed by atoms with Crippen LogP contribution in [0.25, 0.3) is 0 Å². The molecule has 126 valence electrons. The summed E-state index contributed by atoms with van der Waals surface area (Å²) in [5.41, 5.74) is 1.45. The minimum Gasteiger partial charge on any atom is -0.0622 e. The zero-order valence-electron chi connectivity index (χ0n) is 15.2. The van der Waals surface area contributed by atoms with E-state index in [-0.39, 0.29) is 7.92 Å². The van der Waals surface area contributed by atoms with Gasteiger partial charge in [0.2, 0.25) is 0 Å². The van der Waals surface area contributed by atoms with Crippen molar-refractivity contribution >= 4 is 18.5 Å². The SMILES string of the molecule is CC1C(C2(C)CC2)C(P(c2ccccc2)c2ccccc2)C[C@H]1C. The molecule has 0 radical (unpaired) electrons. The maximum Gasteiger partial charge on any atom is -0.00900 e. The van der Waals surface area contributed by atoms with E-state index in [1.54, 1.807) is 10.6 Å². The van der Waals surface area contributed by atoms with Crippen LogP contribution < -0.4 is 10.6 Å². The normalized spacial score (nSPS) is 31.3. The van der Waals surface area contributed by atoms with Crippen LogP contribution in [0, 0.1) is 23.2 Å². The molecule has 0 nitrogen and oxygen atoms in total. The molecule has 4 atom stereocenters. The third kappa shape index (κ3) is 2.84. The second-order valence-corrected chi connectivity index (χ2v) is 10.8. The number of hydrogen-bond donors (Lipinski definition) is 0. The summed E-state index contributed by atoms with van der Waals surface area (Å²) in [6.45, 7) is 7.58.